The molecule has 1 aromatic carbocycles. The zero-order valence-electron chi connectivity index (χ0n) is 8.18. The molecule has 0 unspecified atom stereocenters. The maximum atomic E-state index is 12.2. The van der Waals surface area contributed by atoms with Crippen LogP contribution in [0, 0.1) is 11.3 Å². The van der Waals surface area contributed by atoms with Crippen molar-refractivity contribution in [2.24, 2.45) is 0 Å². The van der Waals surface area contributed by atoms with Crippen molar-refractivity contribution in [1.82, 2.24) is 0 Å². The van der Waals surface area contributed by atoms with E-state index in [0.717, 1.165) is 0 Å². The molecular weight excluding hydrogens is 287 g/mol. The van der Waals surface area contributed by atoms with E-state index in [9.17, 15) is 13.2 Å². The van der Waals surface area contributed by atoms with Crippen LogP contribution in [0.4, 0.5) is 13.2 Å². The molecule has 0 radical (unpaired) electrons. The maximum absolute atomic E-state index is 12.2. The summed E-state index contributed by atoms with van der Waals surface area (Å²) in [5.41, 5.74) is 0. The summed E-state index contributed by atoms with van der Waals surface area (Å²) < 4.78 is 40.2. The van der Waals surface area contributed by atoms with Gasteiger partial charge in [-0.05, 0) is 18.2 Å². The Morgan fingerprint density at radius 3 is 2.38 bits per heavy atom. The topological polar surface area (TPSA) is 33.0 Å². The minimum Gasteiger partial charge on any atom is -0.428 e. The summed E-state index contributed by atoms with van der Waals surface area (Å²) in [7, 11) is 0. The Kier molecular flexibility index (Phi) is 7.05. The second-order valence-electron chi connectivity index (χ2n) is 2.32. The molecule has 6 heteroatoms. The Bertz CT molecular complexity index is 411. The summed E-state index contributed by atoms with van der Waals surface area (Å²) >= 11 is 3.08. The van der Waals surface area contributed by atoms with Gasteiger partial charge < -0.3 is 4.74 Å². The third-order valence-electron chi connectivity index (χ3n) is 1.15. The van der Waals surface area contributed by atoms with Crippen LogP contribution in [0.25, 0.3) is 0 Å². The summed E-state index contributed by atoms with van der Waals surface area (Å²) in [6.07, 6.45) is -2.47. The first-order valence-corrected chi connectivity index (χ1v) is 4.75. The van der Waals surface area contributed by atoms with E-state index in [0.29, 0.717) is 4.47 Å². The minimum atomic E-state index is -2.47. The smallest absolute Gasteiger partial charge is 0.344 e. The Hall–Kier alpha value is -1.48. The van der Waals surface area contributed by atoms with Crippen LogP contribution in [0.15, 0.2) is 40.8 Å². The number of ether oxygens (including phenoxy) is 1. The first-order valence-electron chi connectivity index (χ1n) is 3.96. The van der Waals surface area contributed by atoms with Crippen LogP contribution in [-0.4, -0.2) is 0 Å². The fourth-order valence-electron chi connectivity index (χ4n) is 0.673. The van der Waals surface area contributed by atoms with Crippen LogP contribution < -0.4 is 4.74 Å². The van der Waals surface area contributed by atoms with Gasteiger partial charge in [-0.1, -0.05) is 22.0 Å². The highest BCUT2D eigenvalue weighted by atomic mass is 79.9. The second kappa shape index (κ2) is 7.77. The van der Waals surface area contributed by atoms with E-state index in [4.69, 9.17) is 5.26 Å². The summed E-state index contributed by atoms with van der Waals surface area (Å²) in [6.45, 7) is 1.43. The van der Waals surface area contributed by atoms with Gasteiger partial charge in [-0.3, -0.25) is 0 Å². The van der Waals surface area contributed by atoms with Crippen LogP contribution in [0.2, 0.25) is 0 Å². The van der Waals surface area contributed by atoms with Gasteiger partial charge in [0, 0.05) is 11.4 Å². The van der Waals surface area contributed by atoms with E-state index in [2.05, 4.69) is 20.7 Å². The van der Waals surface area contributed by atoms with E-state index in [1.54, 1.807) is 18.2 Å². The number of nitriles is 1. The molecular formula is C10H7BrF3NO. The van der Waals surface area contributed by atoms with Crippen molar-refractivity contribution >= 4 is 15.9 Å². The lowest BCUT2D eigenvalue weighted by Crippen LogP contribution is -1.89. The number of halogens is 4. The zero-order valence-corrected chi connectivity index (χ0v) is 9.76. The van der Waals surface area contributed by atoms with Gasteiger partial charge in [-0.2, -0.15) is 18.4 Å². The van der Waals surface area contributed by atoms with Gasteiger partial charge in [0.05, 0.1) is 6.07 Å². The monoisotopic (exact) mass is 293 g/mol. The van der Waals surface area contributed by atoms with Gasteiger partial charge >= 0.3 is 12.1 Å². The molecule has 86 valence electrons. The number of rotatable bonds is 2. The van der Waals surface area contributed by atoms with Crippen molar-refractivity contribution in [3.63, 3.8) is 0 Å². The largest absolute Gasteiger partial charge is 0.428 e. The van der Waals surface area contributed by atoms with E-state index >= 15 is 0 Å². The number of nitrogens with zero attached hydrogens (tertiary/aromatic N) is 1. The second-order valence-corrected chi connectivity index (χ2v) is 3.23. The molecule has 0 saturated heterocycles. The molecule has 0 heterocycles. The van der Waals surface area contributed by atoms with Gasteiger partial charge in [-0.15, -0.1) is 0 Å². The molecule has 0 spiro atoms. The van der Waals surface area contributed by atoms with Crippen LogP contribution in [0.3, 0.4) is 0 Å². The molecule has 2 nitrogen and oxygen atoms in total. The summed E-state index contributed by atoms with van der Waals surface area (Å²) in [5, 5.41) is 7.32. The number of hydrogen-bond acceptors (Lipinski definition) is 2. The molecule has 1 rings (SSSR count). The van der Waals surface area contributed by atoms with Crippen molar-refractivity contribution < 1.29 is 17.9 Å². The minimum absolute atomic E-state index is 0.0136. The van der Waals surface area contributed by atoms with E-state index < -0.39 is 12.1 Å². The Morgan fingerprint density at radius 2 is 1.94 bits per heavy atom. The predicted octanol–water partition coefficient (Wildman–Crippen LogP) is 4.39. The molecule has 0 aliphatic carbocycles. The van der Waals surface area contributed by atoms with Gasteiger partial charge in [0.15, 0.2) is 0 Å². The van der Waals surface area contributed by atoms with Gasteiger partial charge in [0.2, 0.25) is 0 Å². The fraction of sp³-hybridized carbons (Fsp3) is 0.100. The van der Waals surface area contributed by atoms with Crippen LogP contribution in [0.1, 0.15) is 6.92 Å². The molecule has 0 aliphatic heterocycles. The number of benzene rings is 1. The van der Waals surface area contributed by atoms with Gasteiger partial charge in [-0.25, -0.2) is 0 Å². The van der Waals surface area contributed by atoms with Crippen LogP contribution in [-0.2, 0) is 0 Å². The van der Waals surface area contributed by atoms with Crippen molar-refractivity contribution in [3.8, 4) is 11.8 Å². The van der Waals surface area contributed by atoms with Crippen molar-refractivity contribution in [1.29, 1.82) is 5.26 Å². The first-order chi connectivity index (χ1) is 7.51. The first kappa shape index (κ1) is 14.5. The highest BCUT2D eigenvalue weighted by molar-refractivity contribution is 9.10. The molecule has 0 aromatic heterocycles. The standard InChI is InChI=1S/C8H4BrF3O.C2H3N/c9-5-2-1-3-6(4-5)13-8(12)7(10)11;1-2-3/h1-4H;1H3. The third-order valence-corrected chi connectivity index (χ3v) is 1.65. The Labute approximate surface area is 99.1 Å². The average molecular weight is 294 g/mol. The van der Waals surface area contributed by atoms with Crippen molar-refractivity contribution in [2.45, 2.75) is 6.92 Å². The summed E-state index contributed by atoms with van der Waals surface area (Å²) in [4.78, 5) is 0. The lowest BCUT2D eigenvalue weighted by molar-refractivity contribution is 0.241. The van der Waals surface area contributed by atoms with E-state index in [1.165, 1.54) is 19.1 Å². The molecule has 0 amide bonds. The van der Waals surface area contributed by atoms with Crippen molar-refractivity contribution in [2.75, 3.05) is 0 Å². The molecule has 0 saturated carbocycles. The quantitative estimate of drug-likeness (QED) is 0.758. The maximum Gasteiger partial charge on any atom is 0.344 e. The predicted molar refractivity (Wildman–Crippen MR) is 56.4 cm³/mol. The molecule has 0 atom stereocenters. The Balaban J connectivity index is 0.000000673. The highest BCUT2D eigenvalue weighted by Gasteiger charge is 2.07. The van der Waals surface area contributed by atoms with Crippen molar-refractivity contribution in [3.05, 3.63) is 40.8 Å². The lowest BCUT2D eigenvalue weighted by atomic mass is 10.3. The summed E-state index contributed by atoms with van der Waals surface area (Å²) in [5.74, 6) is 0.0136. The Morgan fingerprint density at radius 1 is 1.38 bits per heavy atom. The molecule has 0 aliphatic rings. The number of hydrogen-bond donors (Lipinski definition) is 0. The van der Waals surface area contributed by atoms with Crippen LogP contribution >= 0.6 is 15.9 Å². The molecule has 0 bridgehead atoms. The molecule has 0 fully saturated rings. The average Bonchev–Trinajstić information content (AvgIpc) is 2.18. The SMILES string of the molecule is CC#N.FC(F)=C(F)Oc1cccc(Br)c1. The zero-order chi connectivity index (χ0) is 12.6. The lowest BCUT2D eigenvalue weighted by Gasteiger charge is -2.01. The normalized spacial score (nSPS) is 8.25. The van der Waals surface area contributed by atoms with Crippen LogP contribution in [0.5, 0.6) is 5.75 Å². The molecule has 0 N–H and O–H groups in total. The molecule has 1 aromatic rings. The fourth-order valence-corrected chi connectivity index (χ4v) is 1.05. The molecule has 16 heavy (non-hydrogen) atoms. The van der Waals surface area contributed by atoms with Gasteiger partial charge in [0.25, 0.3) is 0 Å². The van der Waals surface area contributed by atoms with E-state index in [1.807, 2.05) is 0 Å². The van der Waals surface area contributed by atoms with E-state index in [-0.39, 0.29) is 5.75 Å². The van der Waals surface area contributed by atoms with Gasteiger partial charge in [0.1, 0.15) is 5.75 Å². The summed E-state index contributed by atoms with van der Waals surface area (Å²) in [6, 6.07) is 5.83. The highest BCUT2D eigenvalue weighted by Crippen LogP contribution is 2.21. The third kappa shape index (κ3) is 6.09.